The van der Waals surface area contributed by atoms with Crippen molar-refractivity contribution in [3.8, 4) is 0 Å². The number of carbonyl (C=O) groups excluding carboxylic acids is 1. The van der Waals surface area contributed by atoms with Crippen molar-refractivity contribution in [3.05, 3.63) is 47.5 Å². The molecule has 35 heavy (non-hydrogen) atoms. The molecule has 0 saturated carbocycles. The summed E-state index contributed by atoms with van der Waals surface area (Å²) in [5.41, 5.74) is 3.38. The van der Waals surface area contributed by atoms with Gasteiger partial charge in [-0.3, -0.25) is 4.79 Å². The van der Waals surface area contributed by atoms with Crippen LogP contribution in [0.5, 0.6) is 0 Å². The summed E-state index contributed by atoms with van der Waals surface area (Å²) in [5, 5.41) is 5.75. The molecule has 4 N–H and O–H groups in total. The number of alkyl halides is 6. The Hall–Kier alpha value is -3.77. The highest BCUT2D eigenvalue weighted by atomic mass is 19.4. The second kappa shape index (κ2) is 8.78. The van der Waals surface area contributed by atoms with Crippen molar-refractivity contribution in [1.82, 2.24) is 15.3 Å². The average Bonchev–Trinajstić information content (AvgIpc) is 3.18. The Bertz CT molecular complexity index is 1280. The summed E-state index contributed by atoms with van der Waals surface area (Å²) in [7, 11) is 0. The molecule has 0 aliphatic carbocycles. The first-order chi connectivity index (χ1) is 16.3. The molecule has 13 heteroatoms. The smallest absolute Gasteiger partial charge is 0.399 e. The molecule has 1 aliphatic rings. The Morgan fingerprint density at radius 3 is 2.40 bits per heavy atom. The van der Waals surface area contributed by atoms with E-state index in [0.29, 0.717) is 30.7 Å². The van der Waals surface area contributed by atoms with Gasteiger partial charge in [-0.05, 0) is 42.8 Å². The Labute approximate surface area is 195 Å². The van der Waals surface area contributed by atoms with E-state index >= 15 is 0 Å². The summed E-state index contributed by atoms with van der Waals surface area (Å²) < 4.78 is 79.5. The van der Waals surface area contributed by atoms with Crippen LogP contribution in [0.15, 0.2) is 36.4 Å². The molecule has 3 aromatic rings. The second-order valence-corrected chi connectivity index (χ2v) is 8.20. The number of carbonyl (C=O) groups is 1. The molecule has 0 spiro atoms. The largest absolute Gasteiger partial charge is 0.416 e. The first-order valence-corrected chi connectivity index (χ1v) is 10.5. The third-order valence-electron chi connectivity index (χ3n) is 5.44. The molecule has 1 amide bonds. The molecule has 1 saturated heterocycles. The van der Waals surface area contributed by atoms with Crippen LogP contribution in [0.1, 0.15) is 24.5 Å². The maximum Gasteiger partial charge on any atom is 0.416 e. The summed E-state index contributed by atoms with van der Waals surface area (Å²) in [6.07, 6.45) is -8.69. The monoisotopic (exact) mass is 498 g/mol. The van der Waals surface area contributed by atoms with Gasteiger partial charge < -0.3 is 21.3 Å². The molecule has 7 nitrogen and oxygen atoms in total. The second-order valence-electron chi connectivity index (χ2n) is 8.20. The van der Waals surface area contributed by atoms with Crippen LogP contribution in [0.3, 0.4) is 0 Å². The van der Waals surface area contributed by atoms with Crippen LogP contribution >= 0.6 is 0 Å². The number of anilines is 4. The van der Waals surface area contributed by atoms with Crippen molar-refractivity contribution < 1.29 is 31.1 Å². The lowest BCUT2D eigenvalue weighted by Crippen LogP contribution is -2.35. The number of benzene rings is 2. The van der Waals surface area contributed by atoms with Gasteiger partial charge in [0.05, 0.1) is 16.6 Å². The molecule has 186 valence electrons. The molecule has 1 unspecified atom stereocenters. The number of fused-ring (bicyclic) bond motifs is 1. The van der Waals surface area contributed by atoms with Gasteiger partial charge in [0.15, 0.2) is 0 Å². The predicted molar refractivity (Wildman–Crippen MR) is 118 cm³/mol. The van der Waals surface area contributed by atoms with Gasteiger partial charge in [-0.2, -0.15) is 31.3 Å². The van der Waals surface area contributed by atoms with Gasteiger partial charge >= 0.3 is 12.4 Å². The number of halogens is 6. The van der Waals surface area contributed by atoms with Gasteiger partial charge in [0.25, 0.3) is 0 Å². The van der Waals surface area contributed by atoms with Gasteiger partial charge in [-0.15, -0.1) is 0 Å². The lowest BCUT2D eigenvalue weighted by Gasteiger charge is -2.21. The van der Waals surface area contributed by atoms with Crippen molar-refractivity contribution in [1.29, 1.82) is 0 Å². The molecule has 0 radical (unpaired) electrons. The molecule has 2 heterocycles. The Kier molecular flexibility index (Phi) is 6.11. The summed E-state index contributed by atoms with van der Waals surface area (Å²) in [4.78, 5) is 21.7. The zero-order valence-corrected chi connectivity index (χ0v) is 18.3. The lowest BCUT2D eigenvalue weighted by molar-refractivity contribution is -0.138. The van der Waals surface area contributed by atoms with Crippen LogP contribution in [-0.4, -0.2) is 35.0 Å². The van der Waals surface area contributed by atoms with Gasteiger partial charge in [-0.25, -0.2) is 4.98 Å². The van der Waals surface area contributed by atoms with E-state index in [-0.39, 0.29) is 34.8 Å². The topological polar surface area (TPSA) is 96.2 Å². The van der Waals surface area contributed by atoms with E-state index in [9.17, 15) is 31.1 Å². The average molecular weight is 498 g/mol. The third-order valence-corrected chi connectivity index (χ3v) is 5.44. The Morgan fingerprint density at radius 2 is 1.74 bits per heavy atom. The molecule has 1 fully saturated rings. The zero-order valence-electron chi connectivity index (χ0n) is 18.3. The highest BCUT2D eigenvalue weighted by molar-refractivity contribution is 5.91. The first kappa shape index (κ1) is 24.4. The van der Waals surface area contributed by atoms with Gasteiger partial charge in [-0.1, -0.05) is 0 Å². The minimum atomic E-state index is -4.66. The number of hydrogen-bond acceptors (Lipinski definition) is 6. The van der Waals surface area contributed by atoms with Gasteiger partial charge in [0.2, 0.25) is 11.9 Å². The fourth-order valence-electron chi connectivity index (χ4n) is 3.96. The van der Waals surface area contributed by atoms with E-state index in [1.165, 1.54) is 19.1 Å². The number of amides is 1. The highest BCUT2D eigenvalue weighted by Gasteiger charge is 2.33. The van der Waals surface area contributed by atoms with E-state index in [2.05, 4.69) is 20.6 Å². The number of nitrogens with two attached hydrogens (primary N) is 1. The van der Waals surface area contributed by atoms with Crippen molar-refractivity contribution in [2.45, 2.75) is 31.7 Å². The standard InChI is InChI=1S/C22H20F6N6O/c1-11(35)30-15-4-5-34(10-15)19-17-3-2-12(21(23,24)25)8-18(17)32-20(33-19)31-16-7-13(22(26,27)28)6-14(29)9-16/h2-3,6-9,15H,4-5,10,29H2,1H3,(H,30,35)(H,31,32,33). The predicted octanol–water partition coefficient (Wildman–Crippen LogP) is 4.71. The normalized spacial score (nSPS) is 16.5. The summed E-state index contributed by atoms with van der Waals surface area (Å²) in [6, 6.07) is 5.64. The van der Waals surface area contributed by atoms with Crippen molar-refractivity contribution in [2.24, 2.45) is 0 Å². The first-order valence-electron chi connectivity index (χ1n) is 10.5. The lowest BCUT2D eigenvalue weighted by atomic mass is 10.1. The molecule has 0 bridgehead atoms. The fourth-order valence-corrected chi connectivity index (χ4v) is 3.96. The molecule has 1 aromatic heterocycles. The van der Waals surface area contributed by atoms with Crippen molar-refractivity contribution >= 4 is 40.0 Å². The molecular weight excluding hydrogens is 478 g/mol. The van der Waals surface area contributed by atoms with E-state index < -0.39 is 23.5 Å². The van der Waals surface area contributed by atoms with E-state index in [1.807, 2.05) is 0 Å². The fraction of sp³-hybridized carbons (Fsp3) is 0.318. The molecule has 1 atom stereocenters. The summed E-state index contributed by atoms with van der Waals surface area (Å²) in [5.74, 6) is -0.128. The van der Waals surface area contributed by atoms with E-state index in [0.717, 1.165) is 24.3 Å². The maximum atomic E-state index is 13.3. The Morgan fingerprint density at radius 1 is 1.03 bits per heavy atom. The van der Waals surface area contributed by atoms with Crippen LogP contribution in [0.4, 0.5) is 49.5 Å². The molecule has 1 aliphatic heterocycles. The number of nitrogens with one attached hydrogen (secondary N) is 2. The number of aromatic nitrogens is 2. The molecule has 4 rings (SSSR count). The van der Waals surface area contributed by atoms with Crippen molar-refractivity contribution in [2.75, 3.05) is 29.0 Å². The van der Waals surface area contributed by atoms with E-state index in [4.69, 9.17) is 5.73 Å². The number of rotatable bonds is 4. The quantitative estimate of drug-likeness (QED) is 0.356. The summed E-state index contributed by atoms with van der Waals surface area (Å²) in [6.45, 7) is 2.18. The maximum absolute atomic E-state index is 13.3. The number of hydrogen-bond donors (Lipinski definition) is 3. The van der Waals surface area contributed by atoms with Crippen molar-refractivity contribution in [3.63, 3.8) is 0 Å². The van der Waals surface area contributed by atoms with Gasteiger partial charge in [0.1, 0.15) is 5.82 Å². The Balaban J connectivity index is 1.78. The SMILES string of the molecule is CC(=O)NC1CCN(c2nc(Nc3cc(N)cc(C(F)(F)F)c3)nc3cc(C(F)(F)F)ccc23)C1. The number of nitrogen functional groups attached to an aromatic ring is 1. The molecular formula is C22H20F6N6O. The van der Waals surface area contributed by atoms with Crippen LogP contribution in [0, 0.1) is 0 Å². The number of nitrogens with zero attached hydrogens (tertiary/aromatic N) is 3. The summed E-state index contributed by atoms with van der Waals surface area (Å²) >= 11 is 0. The highest BCUT2D eigenvalue weighted by Crippen LogP contribution is 2.36. The zero-order chi connectivity index (χ0) is 25.5. The van der Waals surface area contributed by atoms with Crippen LogP contribution in [0.2, 0.25) is 0 Å². The van der Waals surface area contributed by atoms with E-state index in [1.54, 1.807) is 4.90 Å². The van der Waals surface area contributed by atoms with Crippen LogP contribution in [-0.2, 0) is 17.1 Å². The minimum Gasteiger partial charge on any atom is -0.399 e. The third kappa shape index (κ3) is 5.49. The molecule has 2 aromatic carbocycles. The minimum absolute atomic E-state index is 0.0461. The van der Waals surface area contributed by atoms with Gasteiger partial charge in [0, 0.05) is 42.8 Å². The van der Waals surface area contributed by atoms with Crippen LogP contribution in [0.25, 0.3) is 10.9 Å². The van der Waals surface area contributed by atoms with Crippen LogP contribution < -0.4 is 21.3 Å².